The molecule has 3 heterocycles. The Hall–Kier alpha value is -2.83. The van der Waals surface area contributed by atoms with Crippen LogP contribution >= 0.6 is 0 Å². The molecule has 0 radical (unpaired) electrons. The number of H-pyrrole nitrogens is 1. The van der Waals surface area contributed by atoms with Gasteiger partial charge in [-0.05, 0) is 30.4 Å². The first-order chi connectivity index (χ1) is 13.0. The van der Waals surface area contributed by atoms with Crippen LogP contribution in [-0.4, -0.2) is 58.3 Å². The lowest BCUT2D eigenvalue weighted by atomic mass is 10.0. The van der Waals surface area contributed by atoms with Crippen LogP contribution in [-0.2, 0) is 16.0 Å². The highest BCUT2D eigenvalue weighted by molar-refractivity contribution is 6.06. The zero-order chi connectivity index (χ0) is 19.0. The van der Waals surface area contributed by atoms with E-state index in [1.54, 1.807) is 4.90 Å². The van der Waals surface area contributed by atoms with Gasteiger partial charge in [-0.3, -0.25) is 14.5 Å². The fourth-order valence-electron chi connectivity index (χ4n) is 4.04. The molecule has 0 saturated carbocycles. The number of fused-ring (bicyclic) bond motifs is 1. The summed E-state index contributed by atoms with van der Waals surface area (Å²) in [5.74, 6) is -0.0260. The number of carbonyl (C=O) groups excluding carboxylic acids is 3. The number of amides is 4. The molecule has 1 aromatic heterocycles. The second-order valence-electron chi connectivity index (χ2n) is 7.58. The molecule has 7 heteroatoms. The van der Waals surface area contributed by atoms with Crippen molar-refractivity contribution in [2.75, 3.05) is 19.6 Å². The number of benzene rings is 1. The molecule has 142 valence electrons. The van der Waals surface area contributed by atoms with Gasteiger partial charge >= 0.3 is 6.03 Å². The normalized spacial score (nSPS) is 23.1. The third kappa shape index (κ3) is 3.41. The summed E-state index contributed by atoms with van der Waals surface area (Å²) in [6, 6.07) is 6.73. The number of piperidine rings is 1. The predicted octanol–water partition coefficient (Wildman–Crippen LogP) is 1.89. The molecule has 1 aromatic carbocycles. The molecule has 2 fully saturated rings. The minimum absolute atomic E-state index is 0.155. The highest BCUT2D eigenvalue weighted by atomic mass is 16.2. The van der Waals surface area contributed by atoms with Gasteiger partial charge in [0.2, 0.25) is 5.91 Å². The maximum absolute atomic E-state index is 12.7. The molecule has 27 heavy (non-hydrogen) atoms. The topological polar surface area (TPSA) is 85.5 Å². The molecular weight excluding hydrogens is 344 g/mol. The molecule has 7 nitrogen and oxygen atoms in total. The minimum Gasteiger partial charge on any atom is -0.361 e. The first-order valence-electron chi connectivity index (χ1n) is 9.47. The molecule has 0 spiro atoms. The van der Waals surface area contributed by atoms with Gasteiger partial charge in [0.05, 0.1) is 0 Å². The quantitative estimate of drug-likeness (QED) is 0.808. The van der Waals surface area contributed by atoms with Crippen molar-refractivity contribution in [1.82, 2.24) is 20.1 Å². The summed E-state index contributed by atoms with van der Waals surface area (Å²) in [7, 11) is 0. The fourth-order valence-corrected chi connectivity index (χ4v) is 4.04. The molecule has 4 amide bonds. The molecule has 0 unspecified atom stereocenters. The summed E-state index contributed by atoms with van der Waals surface area (Å²) in [4.78, 5) is 43.5. The summed E-state index contributed by atoms with van der Waals surface area (Å²) < 4.78 is 0. The molecule has 2 aromatic rings. The van der Waals surface area contributed by atoms with Crippen molar-refractivity contribution in [2.45, 2.75) is 32.2 Å². The molecule has 2 atom stereocenters. The van der Waals surface area contributed by atoms with Crippen LogP contribution in [0.2, 0.25) is 0 Å². The van der Waals surface area contributed by atoms with E-state index in [2.05, 4.69) is 17.2 Å². The SMILES string of the molecule is C[C@H]1CCCN(C(=O)CN2C(=O)N[C@@H](Cc3c[nH]c4ccccc34)C2=O)C1. The predicted molar refractivity (Wildman–Crippen MR) is 101 cm³/mol. The van der Waals surface area contributed by atoms with E-state index < -0.39 is 12.1 Å². The van der Waals surface area contributed by atoms with Crippen molar-refractivity contribution in [3.05, 3.63) is 36.0 Å². The number of aromatic amines is 1. The van der Waals surface area contributed by atoms with Crippen molar-refractivity contribution in [3.8, 4) is 0 Å². The number of nitrogens with zero attached hydrogens (tertiary/aromatic N) is 2. The number of rotatable bonds is 4. The molecule has 0 bridgehead atoms. The maximum atomic E-state index is 12.7. The van der Waals surface area contributed by atoms with Gasteiger partial charge < -0.3 is 15.2 Å². The Morgan fingerprint density at radius 3 is 2.89 bits per heavy atom. The van der Waals surface area contributed by atoms with Gasteiger partial charge in [0.25, 0.3) is 5.91 Å². The highest BCUT2D eigenvalue weighted by Gasteiger charge is 2.40. The zero-order valence-electron chi connectivity index (χ0n) is 15.4. The number of imide groups is 1. The lowest BCUT2D eigenvalue weighted by Gasteiger charge is -2.31. The van der Waals surface area contributed by atoms with Crippen LogP contribution in [0, 0.1) is 5.92 Å². The van der Waals surface area contributed by atoms with Crippen LogP contribution in [0.1, 0.15) is 25.3 Å². The van der Waals surface area contributed by atoms with Crippen molar-refractivity contribution in [1.29, 1.82) is 0 Å². The molecule has 2 saturated heterocycles. The number of nitrogens with one attached hydrogen (secondary N) is 2. The van der Waals surface area contributed by atoms with Gasteiger partial charge in [-0.1, -0.05) is 25.1 Å². The van der Waals surface area contributed by atoms with E-state index in [0.29, 0.717) is 25.4 Å². The largest absolute Gasteiger partial charge is 0.361 e. The number of para-hydroxylation sites is 1. The van der Waals surface area contributed by atoms with E-state index in [1.807, 2.05) is 30.5 Å². The second kappa shape index (κ2) is 7.06. The fraction of sp³-hybridized carbons (Fsp3) is 0.450. The maximum Gasteiger partial charge on any atom is 0.325 e. The van der Waals surface area contributed by atoms with Crippen molar-refractivity contribution in [3.63, 3.8) is 0 Å². The number of likely N-dealkylation sites (tertiary alicyclic amines) is 1. The summed E-state index contributed by atoms with van der Waals surface area (Å²) in [5, 5.41) is 3.76. The Balaban J connectivity index is 1.43. The molecule has 2 aliphatic rings. The number of hydrogen-bond donors (Lipinski definition) is 2. The van der Waals surface area contributed by atoms with E-state index in [4.69, 9.17) is 0 Å². The zero-order valence-corrected chi connectivity index (χ0v) is 15.4. The van der Waals surface area contributed by atoms with E-state index in [-0.39, 0.29) is 18.4 Å². The lowest BCUT2D eigenvalue weighted by molar-refractivity contribution is -0.138. The average Bonchev–Trinajstić information content (AvgIpc) is 3.18. The molecule has 2 N–H and O–H groups in total. The third-order valence-electron chi connectivity index (χ3n) is 5.51. The van der Waals surface area contributed by atoms with Gasteiger partial charge in [0, 0.05) is 36.6 Å². The van der Waals surface area contributed by atoms with Gasteiger partial charge in [-0.15, -0.1) is 0 Å². The number of carbonyl (C=O) groups is 3. The first kappa shape index (κ1) is 17.6. The standard InChI is InChI=1S/C20H24N4O3/c1-13-5-4-8-23(11-13)18(25)12-24-19(26)17(22-20(24)27)9-14-10-21-16-7-3-2-6-15(14)16/h2-3,6-7,10,13,17,21H,4-5,8-9,11-12H2,1H3,(H,22,27)/t13-,17-/m0/s1. The van der Waals surface area contributed by atoms with Crippen molar-refractivity contribution >= 4 is 28.7 Å². The monoisotopic (exact) mass is 368 g/mol. The second-order valence-corrected chi connectivity index (χ2v) is 7.58. The summed E-state index contributed by atoms with van der Waals surface area (Å²) in [6.07, 6.45) is 4.35. The van der Waals surface area contributed by atoms with Crippen LogP contribution in [0.4, 0.5) is 4.79 Å². The summed E-state index contributed by atoms with van der Waals surface area (Å²) >= 11 is 0. The van der Waals surface area contributed by atoms with Crippen molar-refractivity contribution in [2.24, 2.45) is 5.92 Å². The highest BCUT2D eigenvalue weighted by Crippen LogP contribution is 2.21. The van der Waals surface area contributed by atoms with Crippen LogP contribution in [0.15, 0.2) is 30.5 Å². The Morgan fingerprint density at radius 1 is 1.26 bits per heavy atom. The molecular formula is C20H24N4O3. The number of urea groups is 1. The van der Waals surface area contributed by atoms with Crippen LogP contribution in [0.3, 0.4) is 0 Å². The van der Waals surface area contributed by atoms with Gasteiger partial charge in [-0.2, -0.15) is 0 Å². The molecule has 4 rings (SSSR count). The minimum atomic E-state index is -0.634. The molecule has 2 aliphatic heterocycles. The van der Waals surface area contributed by atoms with Crippen LogP contribution in [0.5, 0.6) is 0 Å². The first-order valence-corrected chi connectivity index (χ1v) is 9.47. The van der Waals surface area contributed by atoms with E-state index >= 15 is 0 Å². The third-order valence-corrected chi connectivity index (χ3v) is 5.51. The van der Waals surface area contributed by atoms with Gasteiger partial charge in [0.15, 0.2) is 0 Å². The molecule has 0 aliphatic carbocycles. The van der Waals surface area contributed by atoms with Crippen molar-refractivity contribution < 1.29 is 14.4 Å². The average molecular weight is 368 g/mol. The van der Waals surface area contributed by atoms with E-state index in [9.17, 15) is 14.4 Å². The van der Waals surface area contributed by atoms with E-state index in [0.717, 1.165) is 34.2 Å². The Morgan fingerprint density at radius 2 is 2.07 bits per heavy atom. The van der Waals surface area contributed by atoms with E-state index in [1.165, 1.54) is 0 Å². The number of aromatic nitrogens is 1. The number of hydrogen-bond acceptors (Lipinski definition) is 3. The summed E-state index contributed by atoms with van der Waals surface area (Å²) in [5.41, 5.74) is 1.97. The van der Waals surface area contributed by atoms with Gasteiger partial charge in [0.1, 0.15) is 12.6 Å². The summed E-state index contributed by atoms with van der Waals surface area (Å²) in [6.45, 7) is 3.33. The van der Waals surface area contributed by atoms with Gasteiger partial charge in [-0.25, -0.2) is 4.79 Å². The Kier molecular flexibility index (Phi) is 4.59. The smallest absolute Gasteiger partial charge is 0.325 e. The Labute approximate surface area is 157 Å². The Bertz CT molecular complexity index is 890. The van der Waals surface area contributed by atoms with Crippen LogP contribution in [0.25, 0.3) is 10.9 Å². The van der Waals surface area contributed by atoms with Crippen LogP contribution < -0.4 is 5.32 Å². The lowest BCUT2D eigenvalue weighted by Crippen LogP contribution is -2.46.